The average molecular weight is 312 g/mol. The Morgan fingerprint density at radius 1 is 1.14 bits per heavy atom. The van der Waals surface area contributed by atoms with E-state index in [0.29, 0.717) is 18.4 Å². The predicted octanol–water partition coefficient (Wildman–Crippen LogP) is 4.56. The molecule has 0 unspecified atom stereocenters. The molecule has 1 fully saturated rings. The lowest BCUT2D eigenvalue weighted by molar-refractivity contribution is 0.310. The van der Waals surface area contributed by atoms with E-state index in [1.54, 1.807) is 7.11 Å². The van der Waals surface area contributed by atoms with E-state index >= 15 is 0 Å². The fraction of sp³-hybridized carbons (Fsp3) is 0.647. The largest absolute Gasteiger partial charge is 0.493 e. The van der Waals surface area contributed by atoms with Crippen molar-refractivity contribution < 1.29 is 9.47 Å². The summed E-state index contributed by atoms with van der Waals surface area (Å²) in [6, 6.07) is 4.45. The maximum Gasteiger partial charge on any atom is 0.162 e. The van der Waals surface area contributed by atoms with Crippen molar-refractivity contribution in [3.8, 4) is 11.5 Å². The summed E-state index contributed by atoms with van der Waals surface area (Å²) in [5.74, 6) is 1.46. The zero-order valence-electron chi connectivity index (χ0n) is 13.1. The average Bonchev–Trinajstić information content (AvgIpc) is 2.75. The summed E-state index contributed by atoms with van der Waals surface area (Å²) in [5.41, 5.74) is 1.07. The number of hydrogen-bond acceptors (Lipinski definition) is 3. The number of nitrogens with one attached hydrogen (secondary N) is 1. The molecule has 1 N–H and O–H groups in total. The fourth-order valence-corrected chi connectivity index (χ4v) is 3.10. The summed E-state index contributed by atoms with van der Waals surface area (Å²) in [4.78, 5) is 0. The number of methoxy groups -OCH3 is 1. The second kappa shape index (κ2) is 8.50. The van der Waals surface area contributed by atoms with Crippen molar-refractivity contribution in [2.75, 3.05) is 13.7 Å². The Labute approximate surface area is 133 Å². The van der Waals surface area contributed by atoms with Crippen LogP contribution in [0.25, 0.3) is 0 Å². The molecular formula is C17H26ClNO2. The summed E-state index contributed by atoms with van der Waals surface area (Å²) in [5, 5.41) is 4.38. The highest BCUT2D eigenvalue weighted by Gasteiger charge is 2.14. The SMILES string of the molecule is CCOc1cc(Cl)c(CNC2CCCCCC2)cc1OC. The second-order valence-electron chi connectivity index (χ2n) is 5.60. The molecule has 1 aliphatic rings. The Hall–Kier alpha value is -0.930. The van der Waals surface area contributed by atoms with Crippen LogP contribution in [0.2, 0.25) is 5.02 Å². The maximum atomic E-state index is 6.37. The zero-order valence-corrected chi connectivity index (χ0v) is 13.8. The third kappa shape index (κ3) is 4.79. The fourth-order valence-electron chi connectivity index (χ4n) is 2.88. The molecule has 0 bridgehead atoms. The number of halogens is 1. The molecule has 1 aliphatic carbocycles. The molecule has 0 aliphatic heterocycles. The van der Waals surface area contributed by atoms with Crippen LogP contribution in [-0.2, 0) is 6.54 Å². The molecule has 3 nitrogen and oxygen atoms in total. The van der Waals surface area contributed by atoms with Crippen LogP contribution in [-0.4, -0.2) is 19.8 Å². The van der Waals surface area contributed by atoms with E-state index in [1.165, 1.54) is 38.5 Å². The first kappa shape index (κ1) is 16.4. The van der Waals surface area contributed by atoms with Crippen molar-refractivity contribution in [3.05, 3.63) is 22.7 Å². The summed E-state index contributed by atoms with van der Waals surface area (Å²) in [6.45, 7) is 3.34. The van der Waals surface area contributed by atoms with Crippen molar-refractivity contribution >= 4 is 11.6 Å². The van der Waals surface area contributed by atoms with Gasteiger partial charge in [-0.3, -0.25) is 0 Å². The van der Waals surface area contributed by atoms with Gasteiger partial charge >= 0.3 is 0 Å². The minimum atomic E-state index is 0.604. The predicted molar refractivity (Wildman–Crippen MR) is 87.5 cm³/mol. The monoisotopic (exact) mass is 311 g/mol. The van der Waals surface area contributed by atoms with Crippen LogP contribution in [0.4, 0.5) is 0 Å². The van der Waals surface area contributed by atoms with E-state index < -0.39 is 0 Å². The Balaban J connectivity index is 2.01. The summed E-state index contributed by atoms with van der Waals surface area (Å²) >= 11 is 6.37. The van der Waals surface area contributed by atoms with Gasteiger partial charge in [-0.2, -0.15) is 0 Å². The number of hydrogen-bond donors (Lipinski definition) is 1. The van der Waals surface area contributed by atoms with Crippen LogP contribution in [0, 0.1) is 0 Å². The third-order valence-corrected chi connectivity index (χ3v) is 4.42. The van der Waals surface area contributed by atoms with E-state index in [-0.39, 0.29) is 0 Å². The van der Waals surface area contributed by atoms with Gasteiger partial charge in [0.15, 0.2) is 11.5 Å². The molecule has 0 spiro atoms. The van der Waals surface area contributed by atoms with Crippen LogP contribution >= 0.6 is 11.6 Å². The summed E-state index contributed by atoms with van der Waals surface area (Å²) in [7, 11) is 1.66. The Morgan fingerprint density at radius 2 is 1.86 bits per heavy atom. The molecule has 0 saturated heterocycles. The van der Waals surface area contributed by atoms with Crippen molar-refractivity contribution in [3.63, 3.8) is 0 Å². The lowest BCUT2D eigenvalue weighted by atomic mass is 10.1. The molecule has 1 aromatic carbocycles. The first-order chi connectivity index (χ1) is 10.2. The van der Waals surface area contributed by atoms with Gasteiger partial charge in [0.25, 0.3) is 0 Å². The topological polar surface area (TPSA) is 30.5 Å². The van der Waals surface area contributed by atoms with Gasteiger partial charge < -0.3 is 14.8 Å². The highest BCUT2D eigenvalue weighted by Crippen LogP contribution is 2.33. The van der Waals surface area contributed by atoms with Crippen molar-refractivity contribution in [2.24, 2.45) is 0 Å². The normalized spacial score (nSPS) is 16.5. The van der Waals surface area contributed by atoms with Gasteiger partial charge in [-0.05, 0) is 31.4 Å². The molecule has 0 radical (unpaired) electrons. The molecule has 0 aromatic heterocycles. The Bertz CT molecular complexity index is 443. The van der Waals surface area contributed by atoms with Crippen LogP contribution in [0.5, 0.6) is 11.5 Å². The molecular weight excluding hydrogens is 286 g/mol. The van der Waals surface area contributed by atoms with E-state index in [9.17, 15) is 0 Å². The van der Waals surface area contributed by atoms with Gasteiger partial charge in [-0.1, -0.05) is 37.3 Å². The number of benzene rings is 1. The van der Waals surface area contributed by atoms with Gasteiger partial charge in [0.05, 0.1) is 13.7 Å². The van der Waals surface area contributed by atoms with Crippen LogP contribution in [0.3, 0.4) is 0 Å². The maximum absolute atomic E-state index is 6.37. The van der Waals surface area contributed by atoms with Crippen molar-refractivity contribution in [2.45, 2.75) is 58.0 Å². The van der Waals surface area contributed by atoms with E-state index in [4.69, 9.17) is 21.1 Å². The minimum absolute atomic E-state index is 0.604. The molecule has 2 rings (SSSR count). The van der Waals surface area contributed by atoms with Gasteiger partial charge in [0.1, 0.15) is 0 Å². The van der Waals surface area contributed by atoms with Gasteiger partial charge in [0, 0.05) is 23.7 Å². The van der Waals surface area contributed by atoms with Crippen LogP contribution < -0.4 is 14.8 Å². The van der Waals surface area contributed by atoms with Crippen molar-refractivity contribution in [1.29, 1.82) is 0 Å². The molecule has 21 heavy (non-hydrogen) atoms. The third-order valence-electron chi connectivity index (χ3n) is 4.07. The van der Waals surface area contributed by atoms with E-state index in [0.717, 1.165) is 22.9 Å². The minimum Gasteiger partial charge on any atom is -0.493 e. The quantitative estimate of drug-likeness (QED) is 0.781. The molecule has 118 valence electrons. The lowest BCUT2D eigenvalue weighted by Crippen LogP contribution is -2.28. The summed E-state index contributed by atoms with van der Waals surface area (Å²) in [6.07, 6.45) is 7.94. The molecule has 4 heteroatoms. The Morgan fingerprint density at radius 3 is 2.48 bits per heavy atom. The molecule has 1 aromatic rings. The first-order valence-corrected chi connectivity index (χ1v) is 8.35. The van der Waals surface area contributed by atoms with E-state index in [2.05, 4.69) is 5.32 Å². The molecule has 0 amide bonds. The van der Waals surface area contributed by atoms with Gasteiger partial charge in [-0.25, -0.2) is 0 Å². The summed E-state index contributed by atoms with van der Waals surface area (Å²) < 4.78 is 10.9. The number of ether oxygens (including phenoxy) is 2. The van der Waals surface area contributed by atoms with Crippen molar-refractivity contribution in [1.82, 2.24) is 5.32 Å². The van der Waals surface area contributed by atoms with E-state index in [1.807, 2.05) is 19.1 Å². The smallest absolute Gasteiger partial charge is 0.162 e. The lowest BCUT2D eigenvalue weighted by Gasteiger charge is -2.18. The second-order valence-corrected chi connectivity index (χ2v) is 6.00. The van der Waals surface area contributed by atoms with Gasteiger partial charge in [0.2, 0.25) is 0 Å². The van der Waals surface area contributed by atoms with Crippen LogP contribution in [0.1, 0.15) is 51.0 Å². The highest BCUT2D eigenvalue weighted by atomic mass is 35.5. The standard InChI is InChI=1S/C17H26ClNO2/c1-3-21-17-11-15(18)13(10-16(17)20-2)12-19-14-8-6-4-5-7-9-14/h10-11,14,19H,3-9,12H2,1-2H3. The zero-order chi connectivity index (χ0) is 15.1. The Kier molecular flexibility index (Phi) is 6.65. The molecule has 1 saturated carbocycles. The number of rotatable bonds is 6. The highest BCUT2D eigenvalue weighted by molar-refractivity contribution is 6.31. The molecule has 0 atom stereocenters. The van der Waals surface area contributed by atoms with Crippen LogP contribution in [0.15, 0.2) is 12.1 Å². The van der Waals surface area contributed by atoms with Gasteiger partial charge in [-0.15, -0.1) is 0 Å². The molecule has 0 heterocycles. The first-order valence-electron chi connectivity index (χ1n) is 7.97.